The van der Waals surface area contributed by atoms with Crippen LogP contribution in [0.25, 0.3) is 0 Å². The first-order valence-electron chi connectivity index (χ1n) is 6.95. The maximum atomic E-state index is 12.0. The van der Waals surface area contributed by atoms with Crippen LogP contribution in [0.5, 0.6) is 0 Å². The predicted molar refractivity (Wildman–Crippen MR) is 75.1 cm³/mol. The second kappa shape index (κ2) is 5.61. The molecule has 3 rings (SSSR count). The van der Waals surface area contributed by atoms with Crippen LogP contribution in [-0.4, -0.2) is 36.6 Å². The molecule has 0 aliphatic carbocycles. The molecule has 2 aliphatic heterocycles. The number of nitrogens with one attached hydrogen (secondary N) is 1. The molecule has 2 aliphatic rings. The molecule has 2 fully saturated rings. The smallest absolute Gasteiger partial charge is 0.238 e. The van der Waals surface area contributed by atoms with Gasteiger partial charge in [-0.3, -0.25) is 10.1 Å². The maximum absolute atomic E-state index is 12.0. The van der Waals surface area contributed by atoms with E-state index in [0.29, 0.717) is 12.6 Å². The minimum Gasteiger partial charge on any atom is -0.378 e. The van der Waals surface area contributed by atoms with Gasteiger partial charge in [-0.25, -0.2) is 0 Å². The first kappa shape index (κ1) is 13.1. The van der Waals surface area contributed by atoms with Crippen molar-refractivity contribution in [1.82, 2.24) is 10.2 Å². The lowest BCUT2D eigenvalue weighted by Gasteiger charge is -2.24. The Labute approximate surface area is 117 Å². The van der Waals surface area contributed by atoms with Gasteiger partial charge in [0.05, 0.1) is 12.6 Å². The van der Waals surface area contributed by atoms with Crippen molar-refractivity contribution in [2.75, 3.05) is 19.7 Å². The van der Waals surface area contributed by atoms with E-state index in [1.165, 1.54) is 9.75 Å². The number of thiophene rings is 1. The number of ether oxygens (including phenoxy) is 1. The molecule has 0 saturated carbocycles. The molecular weight excluding hydrogens is 260 g/mol. The van der Waals surface area contributed by atoms with Crippen LogP contribution < -0.4 is 5.32 Å². The van der Waals surface area contributed by atoms with Crippen LogP contribution in [-0.2, 0) is 9.53 Å². The van der Waals surface area contributed by atoms with Crippen molar-refractivity contribution in [3.05, 3.63) is 21.9 Å². The molecule has 1 aromatic heterocycles. The van der Waals surface area contributed by atoms with E-state index >= 15 is 0 Å². The van der Waals surface area contributed by atoms with Crippen molar-refractivity contribution in [3.8, 4) is 0 Å². The number of amides is 1. The van der Waals surface area contributed by atoms with Crippen molar-refractivity contribution in [3.63, 3.8) is 0 Å². The van der Waals surface area contributed by atoms with Crippen LogP contribution >= 0.6 is 11.3 Å². The lowest BCUT2D eigenvalue weighted by Crippen LogP contribution is -2.32. The number of carbonyl (C=O) groups excluding carboxylic acids is 1. The van der Waals surface area contributed by atoms with Gasteiger partial charge in [0.1, 0.15) is 6.17 Å². The minimum absolute atomic E-state index is 0.0626. The Morgan fingerprint density at radius 1 is 1.53 bits per heavy atom. The van der Waals surface area contributed by atoms with Crippen molar-refractivity contribution in [2.24, 2.45) is 0 Å². The molecule has 0 spiro atoms. The first-order valence-corrected chi connectivity index (χ1v) is 7.76. The molecule has 0 radical (unpaired) electrons. The summed E-state index contributed by atoms with van der Waals surface area (Å²) in [5, 5.41) is 3.31. The molecule has 1 aromatic rings. The van der Waals surface area contributed by atoms with Crippen molar-refractivity contribution >= 4 is 17.2 Å². The molecule has 2 saturated heterocycles. The fraction of sp³-hybridized carbons (Fsp3) is 0.643. The third kappa shape index (κ3) is 2.83. The zero-order valence-corrected chi connectivity index (χ0v) is 12.0. The highest BCUT2D eigenvalue weighted by atomic mass is 32.1. The fourth-order valence-corrected chi connectivity index (χ4v) is 3.77. The Kier molecular flexibility index (Phi) is 3.86. The molecule has 104 valence electrons. The topological polar surface area (TPSA) is 41.6 Å². The Balaban J connectivity index is 1.64. The Morgan fingerprint density at radius 2 is 2.42 bits per heavy atom. The largest absolute Gasteiger partial charge is 0.378 e. The van der Waals surface area contributed by atoms with Crippen LogP contribution in [0.2, 0.25) is 0 Å². The van der Waals surface area contributed by atoms with Gasteiger partial charge in [-0.2, -0.15) is 0 Å². The van der Waals surface area contributed by atoms with E-state index in [9.17, 15) is 4.79 Å². The highest BCUT2D eigenvalue weighted by Crippen LogP contribution is 2.29. The lowest BCUT2D eigenvalue weighted by molar-refractivity contribution is -0.128. The third-order valence-electron chi connectivity index (χ3n) is 3.83. The van der Waals surface area contributed by atoms with Gasteiger partial charge in [0.25, 0.3) is 0 Å². The summed E-state index contributed by atoms with van der Waals surface area (Å²) in [6.45, 7) is 4.22. The second-order valence-corrected chi connectivity index (χ2v) is 6.56. The number of aryl methyl sites for hydroxylation is 1. The van der Waals surface area contributed by atoms with Crippen LogP contribution in [0.3, 0.4) is 0 Å². The molecule has 4 nitrogen and oxygen atoms in total. The number of nitrogens with zero attached hydrogens (tertiary/aromatic N) is 1. The highest BCUT2D eigenvalue weighted by Gasteiger charge is 2.32. The average Bonchev–Trinajstić information content (AvgIpc) is 3.08. The standard InChI is InChI=1S/C14H20N2O2S/c1-10-4-5-12(19-10)14-15-9-13(17)16(14)7-6-11-3-2-8-18-11/h4-5,11,14-15H,2-3,6-9H2,1H3. The normalized spacial score (nSPS) is 27.4. The van der Waals surface area contributed by atoms with E-state index in [-0.39, 0.29) is 12.1 Å². The molecule has 3 heterocycles. The van der Waals surface area contributed by atoms with Gasteiger partial charge in [-0.05, 0) is 38.3 Å². The van der Waals surface area contributed by atoms with Crippen molar-refractivity contribution in [1.29, 1.82) is 0 Å². The average molecular weight is 280 g/mol. The maximum Gasteiger partial charge on any atom is 0.238 e. The fourth-order valence-electron chi connectivity index (χ4n) is 2.80. The highest BCUT2D eigenvalue weighted by molar-refractivity contribution is 7.12. The van der Waals surface area contributed by atoms with Gasteiger partial charge >= 0.3 is 0 Å². The SMILES string of the molecule is Cc1ccc(C2NCC(=O)N2CCC2CCCO2)s1. The van der Waals surface area contributed by atoms with E-state index in [1.807, 2.05) is 4.90 Å². The number of carbonyl (C=O) groups is 1. The minimum atomic E-state index is 0.0626. The van der Waals surface area contributed by atoms with Crippen LogP contribution in [0, 0.1) is 6.92 Å². The third-order valence-corrected chi connectivity index (χ3v) is 4.88. The molecule has 0 bridgehead atoms. The van der Waals surface area contributed by atoms with Crippen LogP contribution in [0.4, 0.5) is 0 Å². The molecule has 19 heavy (non-hydrogen) atoms. The van der Waals surface area contributed by atoms with Crippen LogP contribution in [0.1, 0.15) is 35.2 Å². The summed E-state index contributed by atoms with van der Waals surface area (Å²) in [4.78, 5) is 16.5. The Bertz CT molecular complexity index is 454. The summed E-state index contributed by atoms with van der Waals surface area (Å²) in [6, 6.07) is 4.23. The quantitative estimate of drug-likeness (QED) is 0.918. The first-order chi connectivity index (χ1) is 9.24. The lowest BCUT2D eigenvalue weighted by atomic mass is 10.1. The zero-order chi connectivity index (χ0) is 13.2. The molecular formula is C14H20N2O2S. The van der Waals surface area contributed by atoms with Gasteiger partial charge in [0.2, 0.25) is 5.91 Å². The van der Waals surface area contributed by atoms with Gasteiger partial charge in [-0.15, -0.1) is 11.3 Å². The number of hydrogen-bond donors (Lipinski definition) is 1. The molecule has 5 heteroatoms. The molecule has 1 N–H and O–H groups in total. The molecule has 2 atom stereocenters. The summed E-state index contributed by atoms with van der Waals surface area (Å²) in [7, 11) is 0. The van der Waals surface area contributed by atoms with E-state index in [1.54, 1.807) is 11.3 Å². The molecule has 2 unspecified atom stereocenters. The van der Waals surface area contributed by atoms with Gasteiger partial charge < -0.3 is 9.64 Å². The van der Waals surface area contributed by atoms with E-state index < -0.39 is 0 Å². The van der Waals surface area contributed by atoms with Crippen LogP contribution in [0.15, 0.2) is 12.1 Å². The molecule has 1 amide bonds. The summed E-state index contributed by atoms with van der Waals surface area (Å²) in [5.74, 6) is 0.203. The van der Waals surface area contributed by atoms with Gasteiger partial charge in [0, 0.05) is 22.9 Å². The number of rotatable bonds is 4. The van der Waals surface area contributed by atoms with Gasteiger partial charge in [0.15, 0.2) is 0 Å². The Hall–Kier alpha value is -0.910. The van der Waals surface area contributed by atoms with Gasteiger partial charge in [-0.1, -0.05) is 0 Å². The monoisotopic (exact) mass is 280 g/mol. The summed E-state index contributed by atoms with van der Waals surface area (Å²) >= 11 is 1.76. The summed E-state index contributed by atoms with van der Waals surface area (Å²) < 4.78 is 5.64. The Morgan fingerprint density at radius 3 is 3.11 bits per heavy atom. The van der Waals surface area contributed by atoms with E-state index in [2.05, 4.69) is 24.4 Å². The summed E-state index contributed by atoms with van der Waals surface area (Å²) in [6.07, 6.45) is 3.66. The van der Waals surface area contributed by atoms with E-state index in [4.69, 9.17) is 4.74 Å². The van der Waals surface area contributed by atoms with E-state index in [0.717, 1.165) is 32.4 Å². The van der Waals surface area contributed by atoms with Crippen molar-refractivity contribution in [2.45, 2.75) is 38.5 Å². The number of hydrogen-bond acceptors (Lipinski definition) is 4. The molecule has 0 aromatic carbocycles. The zero-order valence-electron chi connectivity index (χ0n) is 11.2. The second-order valence-electron chi connectivity index (χ2n) is 5.24. The van der Waals surface area contributed by atoms with Crippen molar-refractivity contribution < 1.29 is 9.53 Å². The predicted octanol–water partition coefficient (Wildman–Crippen LogP) is 2.06. The summed E-state index contributed by atoms with van der Waals surface area (Å²) in [5.41, 5.74) is 0.